The molecule has 7 rings (SSSR count). The number of anilines is 1. The molecule has 0 spiro atoms. The van der Waals surface area contributed by atoms with Gasteiger partial charge in [-0.15, -0.1) is 0 Å². The molecule has 1 aromatic carbocycles. The number of aryl methyl sites for hydroxylation is 1. The van der Waals surface area contributed by atoms with Crippen LogP contribution in [-0.2, 0) is 14.3 Å². The van der Waals surface area contributed by atoms with Crippen molar-refractivity contribution in [3.8, 4) is 11.3 Å². The summed E-state index contributed by atoms with van der Waals surface area (Å²) in [5, 5.41) is 0. The summed E-state index contributed by atoms with van der Waals surface area (Å²) in [5.74, 6) is 2.94. The van der Waals surface area contributed by atoms with Gasteiger partial charge < -0.3 is 14.1 Å². The second-order valence-electron chi connectivity index (χ2n) is 11.1. The number of hydrogen-bond acceptors (Lipinski definition) is 5. The molecule has 188 valence electrons. The van der Waals surface area contributed by atoms with Crippen molar-refractivity contribution in [2.75, 3.05) is 18.0 Å². The fourth-order valence-corrected chi connectivity index (χ4v) is 7.65. The average molecular weight is 486 g/mol. The van der Waals surface area contributed by atoms with Gasteiger partial charge in [0, 0.05) is 29.9 Å². The van der Waals surface area contributed by atoms with Gasteiger partial charge in [0.25, 0.3) is 0 Å². The van der Waals surface area contributed by atoms with Crippen LogP contribution in [0.4, 0.5) is 5.69 Å². The highest BCUT2D eigenvalue weighted by Gasteiger charge is 2.50. The minimum absolute atomic E-state index is 0.419. The van der Waals surface area contributed by atoms with E-state index >= 15 is 0 Å². The van der Waals surface area contributed by atoms with Gasteiger partial charge in [0.05, 0.1) is 11.1 Å². The summed E-state index contributed by atoms with van der Waals surface area (Å²) in [6.45, 7) is 10.1. The molecule has 0 amide bonds. The quantitative estimate of drug-likeness (QED) is 0.268. The summed E-state index contributed by atoms with van der Waals surface area (Å²) in [4.78, 5) is 28.4. The van der Waals surface area contributed by atoms with Crippen LogP contribution in [0.25, 0.3) is 16.9 Å². The van der Waals surface area contributed by atoms with Crippen LogP contribution in [0.3, 0.4) is 0 Å². The first-order valence-electron chi connectivity index (χ1n) is 13.6. The molecule has 2 heterocycles. The predicted octanol–water partition coefficient (Wildman–Crippen LogP) is 6.71. The zero-order chi connectivity index (χ0) is 25.1. The number of esters is 2. The number of hydrogen-bond donors (Lipinski definition) is 0. The number of benzene rings is 1. The van der Waals surface area contributed by atoms with E-state index in [1.54, 1.807) is 0 Å². The standard InChI is InChI=1S/C31H35NO4/c1-5-32(6-2)24-9-7-21(8-10-24)26-16-25(18(4)35-26)17(3)27-29(31(34)36-30(27)33)28-22-12-19-11-20(14-22)15-23(28)13-19/h7-10,16,19-20,22-23H,5-6,11-15H2,1-4H3/b27-17+,29-28?. The van der Waals surface area contributed by atoms with Crippen molar-refractivity contribution in [2.24, 2.45) is 23.7 Å². The first-order chi connectivity index (χ1) is 17.4. The number of carbonyl (C=O) groups is 2. The summed E-state index contributed by atoms with van der Waals surface area (Å²) in [6, 6.07) is 10.4. The monoisotopic (exact) mass is 485 g/mol. The molecule has 4 bridgehead atoms. The summed E-state index contributed by atoms with van der Waals surface area (Å²) >= 11 is 0. The molecule has 0 unspecified atom stereocenters. The molecule has 36 heavy (non-hydrogen) atoms. The third kappa shape index (κ3) is 3.66. The maximum atomic E-state index is 13.0. The van der Waals surface area contributed by atoms with E-state index in [0.29, 0.717) is 23.0 Å². The molecule has 4 saturated carbocycles. The van der Waals surface area contributed by atoms with Gasteiger partial charge in [0.15, 0.2) is 0 Å². The fourth-order valence-electron chi connectivity index (χ4n) is 7.65. The van der Waals surface area contributed by atoms with Crippen LogP contribution in [0, 0.1) is 30.6 Å². The average Bonchev–Trinajstić information content (AvgIpc) is 3.38. The Bertz CT molecular complexity index is 1260. The summed E-state index contributed by atoms with van der Waals surface area (Å²) < 4.78 is 11.4. The van der Waals surface area contributed by atoms with Gasteiger partial charge in [-0.2, -0.15) is 0 Å². The Balaban J connectivity index is 1.39. The third-order valence-electron chi connectivity index (χ3n) is 9.13. The number of rotatable bonds is 5. The van der Waals surface area contributed by atoms with Crippen molar-refractivity contribution in [3.63, 3.8) is 0 Å². The fraction of sp³-hybridized carbons (Fsp3) is 0.484. The topological polar surface area (TPSA) is 59.8 Å². The Kier molecular flexibility index (Phi) is 5.70. The van der Waals surface area contributed by atoms with E-state index in [1.807, 2.05) is 19.9 Å². The van der Waals surface area contributed by atoms with E-state index in [2.05, 4.69) is 43.0 Å². The molecule has 0 N–H and O–H groups in total. The van der Waals surface area contributed by atoms with Gasteiger partial charge >= 0.3 is 11.9 Å². The summed E-state index contributed by atoms with van der Waals surface area (Å²) in [6.07, 6.45) is 5.94. The third-order valence-corrected chi connectivity index (χ3v) is 9.13. The Morgan fingerprint density at radius 1 is 0.917 bits per heavy atom. The molecule has 5 heteroatoms. The van der Waals surface area contributed by atoms with Crippen LogP contribution in [0.5, 0.6) is 0 Å². The Morgan fingerprint density at radius 3 is 2.11 bits per heavy atom. The van der Waals surface area contributed by atoms with Crippen LogP contribution < -0.4 is 4.90 Å². The maximum Gasteiger partial charge on any atom is 0.347 e. The lowest BCUT2D eigenvalue weighted by Crippen LogP contribution is -2.41. The van der Waals surface area contributed by atoms with Gasteiger partial charge in [0.2, 0.25) is 0 Å². The SMILES string of the molecule is CCN(CC)c1ccc(-c2cc(/C(C)=C3/C(=O)OC(=O)C3=C3C4CC5CC(C4)CC3C5)c(C)o2)cc1. The molecule has 0 atom stereocenters. The molecule has 5 fully saturated rings. The minimum Gasteiger partial charge on any atom is -0.461 e. The van der Waals surface area contributed by atoms with E-state index < -0.39 is 11.9 Å². The lowest BCUT2D eigenvalue weighted by molar-refractivity contribution is -0.149. The number of furan rings is 1. The molecule has 0 radical (unpaired) electrons. The van der Waals surface area contributed by atoms with Gasteiger partial charge in [-0.3, -0.25) is 0 Å². The normalized spacial score (nSPS) is 28.2. The maximum absolute atomic E-state index is 13.0. The predicted molar refractivity (Wildman–Crippen MR) is 140 cm³/mol. The van der Waals surface area contributed by atoms with Crippen molar-refractivity contribution in [2.45, 2.75) is 59.8 Å². The van der Waals surface area contributed by atoms with Crippen LogP contribution in [0.2, 0.25) is 0 Å². The number of ether oxygens (including phenoxy) is 1. The lowest BCUT2D eigenvalue weighted by atomic mass is 9.53. The van der Waals surface area contributed by atoms with Gasteiger partial charge in [-0.05, 0) is 125 Å². The Morgan fingerprint density at radius 2 is 1.53 bits per heavy atom. The highest BCUT2D eigenvalue weighted by Crippen LogP contribution is 2.58. The van der Waals surface area contributed by atoms with Crippen LogP contribution >= 0.6 is 0 Å². The zero-order valence-electron chi connectivity index (χ0n) is 21.7. The lowest BCUT2D eigenvalue weighted by Gasteiger charge is -2.51. The zero-order valence-corrected chi connectivity index (χ0v) is 21.7. The van der Waals surface area contributed by atoms with E-state index in [1.165, 1.54) is 17.7 Å². The second kappa shape index (κ2) is 8.79. The second-order valence-corrected chi connectivity index (χ2v) is 11.1. The largest absolute Gasteiger partial charge is 0.461 e. The molecular formula is C31H35NO4. The number of cyclic esters (lactones) is 2. The minimum atomic E-state index is -0.514. The Hall–Kier alpha value is -3.08. The summed E-state index contributed by atoms with van der Waals surface area (Å²) in [7, 11) is 0. The van der Waals surface area contributed by atoms with Crippen molar-refractivity contribution in [1.82, 2.24) is 0 Å². The molecule has 5 aliphatic rings. The van der Waals surface area contributed by atoms with Crippen molar-refractivity contribution >= 4 is 23.2 Å². The number of carbonyl (C=O) groups excluding carboxylic acids is 2. The number of allylic oxidation sites excluding steroid dienone is 2. The molecule has 1 aromatic heterocycles. The van der Waals surface area contributed by atoms with E-state index in [0.717, 1.165) is 78.8 Å². The van der Waals surface area contributed by atoms with Crippen molar-refractivity contribution in [3.05, 3.63) is 58.4 Å². The van der Waals surface area contributed by atoms with Gasteiger partial charge in [-0.1, -0.05) is 0 Å². The van der Waals surface area contributed by atoms with Gasteiger partial charge in [0.1, 0.15) is 11.5 Å². The van der Waals surface area contributed by atoms with Crippen LogP contribution in [0.1, 0.15) is 64.2 Å². The smallest absolute Gasteiger partial charge is 0.347 e. The van der Waals surface area contributed by atoms with E-state index in [4.69, 9.17) is 9.15 Å². The highest BCUT2D eigenvalue weighted by atomic mass is 16.6. The van der Waals surface area contributed by atoms with Crippen LogP contribution in [0.15, 0.2) is 51.5 Å². The van der Waals surface area contributed by atoms with Crippen molar-refractivity contribution < 1.29 is 18.7 Å². The molecular weight excluding hydrogens is 450 g/mol. The van der Waals surface area contributed by atoms with Crippen LogP contribution in [-0.4, -0.2) is 25.0 Å². The Labute approximate surface area is 213 Å². The summed E-state index contributed by atoms with van der Waals surface area (Å²) in [5.41, 5.74) is 6.04. The van der Waals surface area contributed by atoms with Gasteiger partial charge in [-0.25, -0.2) is 9.59 Å². The van der Waals surface area contributed by atoms with E-state index in [9.17, 15) is 9.59 Å². The first kappa shape index (κ1) is 23.3. The molecule has 5 nitrogen and oxygen atoms in total. The molecule has 1 aliphatic heterocycles. The molecule has 4 aliphatic carbocycles. The molecule has 2 aromatic rings. The number of nitrogens with zero attached hydrogens (tertiary/aromatic N) is 1. The van der Waals surface area contributed by atoms with Crippen molar-refractivity contribution in [1.29, 1.82) is 0 Å². The van der Waals surface area contributed by atoms with E-state index in [-0.39, 0.29) is 0 Å². The first-order valence-corrected chi connectivity index (χ1v) is 13.6. The molecule has 1 saturated heterocycles. The highest BCUT2D eigenvalue weighted by molar-refractivity contribution is 6.22.